The van der Waals surface area contributed by atoms with Gasteiger partial charge in [0.2, 0.25) is 0 Å². The van der Waals surface area contributed by atoms with Crippen LogP contribution < -0.4 is 15.5 Å². The maximum absolute atomic E-state index is 6.49. The number of rotatable bonds is 5. The quantitative estimate of drug-likeness (QED) is 0.863. The van der Waals surface area contributed by atoms with E-state index in [0.717, 1.165) is 47.2 Å². The first kappa shape index (κ1) is 16.2. The molecule has 0 aliphatic carbocycles. The topological polar surface area (TPSA) is 50.3 Å². The normalized spacial score (nSPS) is 10.8. The van der Waals surface area contributed by atoms with Crippen LogP contribution in [-0.4, -0.2) is 37.0 Å². The van der Waals surface area contributed by atoms with Gasteiger partial charge in [-0.3, -0.25) is 0 Å². The Bertz CT molecular complexity index is 653. The van der Waals surface area contributed by atoms with Gasteiger partial charge in [-0.2, -0.15) is 5.10 Å². The Hall–Kier alpha value is -2.17. The van der Waals surface area contributed by atoms with E-state index in [1.807, 2.05) is 25.7 Å². The molecule has 5 nitrogen and oxygen atoms in total. The Morgan fingerprint density at radius 3 is 2.18 bits per heavy atom. The van der Waals surface area contributed by atoms with Crippen LogP contribution in [-0.2, 0) is 0 Å². The van der Waals surface area contributed by atoms with Crippen molar-refractivity contribution in [3.05, 3.63) is 29.6 Å². The first-order valence-corrected chi connectivity index (χ1v) is 7.78. The summed E-state index contributed by atoms with van der Waals surface area (Å²) in [5.74, 6) is 0. The van der Waals surface area contributed by atoms with Gasteiger partial charge in [0.1, 0.15) is 0 Å². The maximum Gasteiger partial charge on any atom is 0.0920 e. The molecule has 1 aromatic carbocycles. The highest BCUT2D eigenvalue weighted by Gasteiger charge is 2.16. The molecule has 0 aliphatic rings. The van der Waals surface area contributed by atoms with Crippen molar-refractivity contribution in [2.24, 2.45) is 0 Å². The molecule has 1 aromatic heterocycles. The first-order chi connectivity index (χ1) is 10.4. The number of aromatic nitrogens is 2. The second-order valence-electron chi connectivity index (χ2n) is 5.80. The Morgan fingerprint density at radius 2 is 1.73 bits per heavy atom. The van der Waals surface area contributed by atoms with Crippen LogP contribution in [0.2, 0.25) is 0 Å². The summed E-state index contributed by atoms with van der Waals surface area (Å²) < 4.78 is 1.94. The molecule has 2 rings (SSSR count). The summed E-state index contributed by atoms with van der Waals surface area (Å²) in [4.78, 5) is 4.37. The third-order valence-corrected chi connectivity index (χ3v) is 3.98. The molecule has 22 heavy (non-hydrogen) atoms. The molecule has 0 bridgehead atoms. The fraction of sp³-hybridized carbons (Fsp3) is 0.471. The van der Waals surface area contributed by atoms with Crippen molar-refractivity contribution < 1.29 is 0 Å². The minimum absolute atomic E-state index is 0.778. The van der Waals surface area contributed by atoms with Crippen molar-refractivity contribution >= 4 is 17.1 Å². The Kier molecular flexibility index (Phi) is 4.64. The van der Waals surface area contributed by atoms with Gasteiger partial charge in [0.15, 0.2) is 0 Å². The molecule has 2 N–H and O–H groups in total. The standard InChI is InChI=1S/C17H27N5/c1-7-21(8-2)15-10-14(20(5)6)11-16(17(15)18)22-13(4)9-12(3)19-22/h9-11H,7-8,18H2,1-6H3. The van der Waals surface area contributed by atoms with Crippen LogP contribution in [0.1, 0.15) is 25.2 Å². The predicted octanol–water partition coefficient (Wildman–Crippen LogP) is 2.98. The van der Waals surface area contributed by atoms with E-state index in [2.05, 4.69) is 53.9 Å². The van der Waals surface area contributed by atoms with E-state index in [-0.39, 0.29) is 0 Å². The summed E-state index contributed by atoms with van der Waals surface area (Å²) in [7, 11) is 4.09. The van der Waals surface area contributed by atoms with Crippen LogP contribution in [0.3, 0.4) is 0 Å². The minimum atomic E-state index is 0.778. The highest BCUT2D eigenvalue weighted by atomic mass is 15.3. The molecule has 1 heterocycles. The molecule has 120 valence electrons. The number of hydrogen-bond acceptors (Lipinski definition) is 4. The lowest BCUT2D eigenvalue weighted by Crippen LogP contribution is -2.24. The molecular formula is C17H27N5. The Balaban J connectivity index is 2.70. The number of nitrogen functional groups attached to an aromatic ring is 1. The monoisotopic (exact) mass is 301 g/mol. The highest BCUT2D eigenvalue weighted by Crippen LogP contribution is 2.34. The maximum atomic E-state index is 6.49. The van der Waals surface area contributed by atoms with Crippen molar-refractivity contribution in [2.75, 3.05) is 42.7 Å². The Labute approximate surface area is 133 Å². The highest BCUT2D eigenvalue weighted by molar-refractivity contribution is 5.81. The molecule has 0 radical (unpaired) electrons. The molecule has 0 saturated heterocycles. The third kappa shape index (κ3) is 2.89. The van der Waals surface area contributed by atoms with Crippen molar-refractivity contribution in [1.29, 1.82) is 0 Å². The third-order valence-electron chi connectivity index (χ3n) is 3.98. The lowest BCUT2D eigenvalue weighted by Gasteiger charge is -2.27. The molecule has 0 aliphatic heterocycles. The zero-order valence-electron chi connectivity index (χ0n) is 14.5. The molecular weight excluding hydrogens is 274 g/mol. The van der Waals surface area contributed by atoms with Gasteiger partial charge in [0.25, 0.3) is 0 Å². The second kappa shape index (κ2) is 6.30. The number of anilines is 3. The number of aryl methyl sites for hydroxylation is 2. The molecule has 0 spiro atoms. The van der Waals surface area contributed by atoms with Gasteiger partial charge in [-0.15, -0.1) is 0 Å². The summed E-state index contributed by atoms with van der Waals surface area (Å²) in [5, 5.41) is 4.59. The van der Waals surface area contributed by atoms with E-state index < -0.39 is 0 Å². The summed E-state index contributed by atoms with van der Waals surface area (Å²) in [6.07, 6.45) is 0. The molecule has 0 unspecified atom stereocenters. The van der Waals surface area contributed by atoms with Crippen LogP contribution in [0.5, 0.6) is 0 Å². The zero-order chi connectivity index (χ0) is 16.4. The van der Waals surface area contributed by atoms with Crippen molar-refractivity contribution in [3.63, 3.8) is 0 Å². The van der Waals surface area contributed by atoms with E-state index in [1.165, 1.54) is 0 Å². The number of hydrogen-bond donors (Lipinski definition) is 1. The molecule has 5 heteroatoms. The summed E-state index contributed by atoms with van der Waals surface area (Å²) in [6.45, 7) is 10.2. The average Bonchev–Trinajstić information content (AvgIpc) is 2.80. The van der Waals surface area contributed by atoms with E-state index in [1.54, 1.807) is 0 Å². The van der Waals surface area contributed by atoms with Gasteiger partial charge in [-0.1, -0.05) is 0 Å². The van der Waals surface area contributed by atoms with Crippen molar-refractivity contribution in [1.82, 2.24) is 9.78 Å². The number of nitrogens with two attached hydrogens (primary N) is 1. The van der Waals surface area contributed by atoms with Gasteiger partial charge in [0.05, 0.1) is 22.8 Å². The fourth-order valence-electron chi connectivity index (χ4n) is 2.74. The molecule has 0 saturated carbocycles. The summed E-state index contributed by atoms with van der Waals surface area (Å²) >= 11 is 0. The molecule has 0 amide bonds. The molecule has 0 atom stereocenters. The lowest BCUT2D eigenvalue weighted by atomic mass is 10.1. The molecule has 2 aromatic rings. The predicted molar refractivity (Wildman–Crippen MR) is 95.3 cm³/mol. The lowest BCUT2D eigenvalue weighted by molar-refractivity contribution is 0.828. The zero-order valence-corrected chi connectivity index (χ0v) is 14.5. The van der Waals surface area contributed by atoms with Crippen LogP contribution in [0.25, 0.3) is 5.69 Å². The van der Waals surface area contributed by atoms with E-state index in [9.17, 15) is 0 Å². The van der Waals surface area contributed by atoms with Gasteiger partial charge in [0, 0.05) is 38.6 Å². The van der Waals surface area contributed by atoms with E-state index in [0.29, 0.717) is 0 Å². The van der Waals surface area contributed by atoms with E-state index >= 15 is 0 Å². The van der Waals surface area contributed by atoms with E-state index in [4.69, 9.17) is 5.73 Å². The van der Waals surface area contributed by atoms with Gasteiger partial charge >= 0.3 is 0 Å². The average molecular weight is 301 g/mol. The Morgan fingerprint density at radius 1 is 1.09 bits per heavy atom. The largest absolute Gasteiger partial charge is 0.395 e. The van der Waals surface area contributed by atoms with Crippen LogP contribution in [0.4, 0.5) is 17.1 Å². The number of benzene rings is 1. The van der Waals surface area contributed by atoms with Crippen molar-refractivity contribution in [3.8, 4) is 5.69 Å². The van der Waals surface area contributed by atoms with Gasteiger partial charge in [-0.05, 0) is 45.9 Å². The smallest absolute Gasteiger partial charge is 0.0920 e. The first-order valence-electron chi connectivity index (χ1n) is 7.78. The second-order valence-corrected chi connectivity index (χ2v) is 5.80. The van der Waals surface area contributed by atoms with Crippen LogP contribution in [0, 0.1) is 13.8 Å². The summed E-state index contributed by atoms with van der Waals surface area (Å²) in [5.41, 5.74) is 12.5. The SMILES string of the molecule is CCN(CC)c1cc(N(C)C)cc(-n2nc(C)cc2C)c1N. The minimum Gasteiger partial charge on any atom is -0.395 e. The summed E-state index contributed by atoms with van der Waals surface area (Å²) in [6, 6.07) is 6.32. The fourth-order valence-corrected chi connectivity index (χ4v) is 2.74. The van der Waals surface area contributed by atoms with Crippen LogP contribution in [0.15, 0.2) is 18.2 Å². The van der Waals surface area contributed by atoms with Gasteiger partial charge < -0.3 is 15.5 Å². The molecule has 0 fully saturated rings. The van der Waals surface area contributed by atoms with Gasteiger partial charge in [-0.25, -0.2) is 4.68 Å². The number of nitrogens with zero attached hydrogens (tertiary/aromatic N) is 4. The van der Waals surface area contributed by atoms with Crippen LogP contribution >= 0.6 is 0 Å². The van der Waals surface area contributed by atoms with Crippen molar-refractivity contribution in [2.45, 2.75) is 27.7 Å².